The van der Waals surface area contributed by atoms with E-state index in [2.05, 4.69) is 15.1 Å². The maximum atomic E-state index is 6.00. The van der Waals surface area contributed by atoms with Crippen molar-refractivity contribution in [2.45, 2.75) is 6.92 Å². The van der Waals surface area contributed by atoms with Gasteiger partial charge in [-0.2, -0.15) is 9.98 Å². The van der Waals surface area contributed by atoms with E-state index in [1.54, 1.807) is 12.1 Å². The molecule has 5 nitrogen and oxygen atoms in total. The highest BCUT2D eigenvalue weighted by Gasteiger charge is 2.10. The van der Waals surface area contributed by atoms with Crippen molar-refractivity contribution in [1.82, 2.24) is 10.1 Å². The van der Waals surface area contributed by atoms with Gasteiger partial charge < -0.3 is 9.26 Å². The van der Waals surface area contributed by atoms with Crippen molar-refractivity contribution in [3.63, 3.8) is 0 Å². The number of ether oxygens (including phenoxy) is 1. The Morgan fingerprint density at radius 2 is 2.29 bits per heavy atom. The molecule has 0 radical (unpaired) electrons. The third-order valence-electron chi connectivity index (χ3n) is 1.93. The van der Waals surface area contributed by atoms with Gasteiger partial charge in [0.2, 0.25) is 0 Å². The van der Waals surface area contributed by atoms with Crippen molar-refractivity contribution in [2.75, 3.05) is 6.61 Å². The highest BCUT2D eigenvalue weighted by molar-refractivity contribution is 6.33. The molecular weight excluding hydrogens is 242 g/mol. The summed E-state index contributed by atoms with van der Waals surface area (Å²) in [6.45, 7) is 2.40. The number of aliphatic imine (C=N–C) groups is 1. The number of hydrogen-bond acceptors (Lipinski definition) is 5. The molecule has 0 saturated heterocycles. The molecule has 0 aliphatic carbocycles. The van der Waals surface area contributed by atoms with E-state index >= 15 is 0 Å². The van der Waals surface area contributed by atoms with Gasteiger partial charge in [0.1, 0.15) is 0 Å². The van der Waals surface area contributed by atoms with E-state index in [-0.39, 0.29) is 5.95 Å². The van der Waals surface area contributed by atoms with Crippen LogP contribution in [-0.4, -0.2) is 23.1 Å². The number of halogens is 1. The molecule has 0 unspecified atom stereocenters. The summed E-state index contributed by atoms with van der Waals surface area (Å²) in [5, 5.41) is 4.24. The highest BCUT2D eigenvalue weighted by atomic mass is 35.5. The van der Waals surface area contributed by atoms with Gasteiger partial charge in [-0.1, -0.05) is 23.7 Å². The Balaban J connectivity index is 2.21. The molecule has 17 heavy (non-hydrogen) atoms. The summed E-state index contributed by atoms with van der Waals surface area (Å²) >= 11 is 6.00. The van der Waals surface area contributed by atoms with Crippen LogP contribution in [0.4, 0.5) is 5.95 Å². The van der Waals surface area contributed by atoms with E-state index in [1.165, 1.54) is 6.40 Å². The predicted octanol–water partition coefficient (Wildman–Crippen LogP) is 3.09. The van der Waals surface area contributed by atoms with E-state index in [9.17, 15) is 0 Å². The second-order valence-corrected chi connectivity index (χ2v) is 3.48. The number of nitrogens with zero attached hydrogens (tertiary/aromatic N) is 3. The van der Waals surface area contributed by atoms with Crippen LogP contribution in [0.5, 0.6) is 0 Å². The van der Waals surface area contributed by atoms with Crippen molar-refractivity contribution in [3.8, 4) is 11.5 Å². The highest BCUT2D eigenvalue weighted by Crippen LogP contribution is 2.26. The second-order valence-electron chi connectivity index (χ2n) is 3.07. The lowest BCUT2D eigenvalue weighted by atomic mass is 10.2. The third-order valence-corrected chi connectivity index (χ3v) is 2.26. The van der Waals surface area contributed by atoms with Crippen LogP contribution in [-0.2, 0) is 4.74 Å². The fourth-order valence-corrected chi connectivity index (χ4v) is 1.39. The average Bonchev–Trinajstić information content (AvgIpc) is 2.79. The van der Waals surface area contributed by atoms with Crippen molar-refractivity contribution in [1.29, 1.82) is 0 Å². The lowest BCUT2D eigenvalue weighted by molar-refractivity contribution is 0.343. The smallest absolute Gasteiger partial charge is 0.292 e. The van der Waals surface area contributed by atoms with E-state index < -0.39 is 0 Å². The molecule has 1 aromatic heterocycles. The topological polar surface area (TPSA) is 60.5 Å². The van der Waals surface area contributed by atoms with Crippen LogP contribution in [0, 0.1) is 0 Å². The van der Waals surface area contributed by atoms with Crippen LogP contribution in [0.15, 0.2) is 33.8 Å². The van der Waals surface area contributed by atoms with Crippen LogP contribution in [0.25, 0.3) is 11.5 Å². The Kier molecular flexibility index (Phi) is 3.72. The van der Waals surface area contributed by atoms with Crippen molar-refractivity contribution < 1.29 is 9.26 Å². The molecule has 88 valence electrons. The van der Waals surface area contributed by atoms with Gasteiger partial charge in [-0.3, -0.25) is 0 Å². The first-order chi connectivity index (χ1) is 8.31. The molecule has 0 bridgehead atoms. The fraction of sp³-hybridized carbons (Fsp3) is 0.182. The number of hydrogen-bond donors (Lipinski definition) is 0. The lowest BCUT2D eigenvalue weighted by Gasteiger charge is -1.95. The maximum absolute atomic E-state index is 6.00. The van der Waals surface area contributed by atoms with E-state index in [0.717, 1.165) is 0 Å². The van der Waals surface area contributed by atoms with Gasteiger partial charge in [0.15, 0.2) is 6.40 Å². The maximum Gasteiger partial charge on any atom is 0.292 e. The number of aromatic nitrogens is 2. The molecule has 2 rings (SSSR count). The van der Waals surface area contributed by atoms with Crippen molar-refractivity contribution >= 4 is 23.9 Å². The van der Waals surface area contributed by atoms with Crippen molar-refractivity contribution in [2.24, 2.45) is 4.99 Å². The fourth-order valence-electron chi connectivity index (χ4n) is 1.17. The largest absolute Gasteiger partial charge is 0.483 e. The summed E-state index contributed by atoms with van der Waals surface area (Å²) in [4.78, 5) is 7.94. The number of rotatable bonds is 4. The zero-order valence-corrected chi connectivity index (χ0v) is 9.89. The van der Waals surface area contributed by atoms with Crippen LogP contribution in [0.1, 0.15) is 6.92 Å². The Hall–Kier alpha value is -1.88. The minimum atomic E-state index is 0.202. The standard InChI is InChI=1S/C11H10ClN3O2/c1-2-16-7-13-11-14-10(17-15-11)8-5-3-4-6-9(8)12/h3-7H,2H2,1H3. The van der Waals surface area contributed by atoms with Gasteiger partial charge in [-0.05, 0) is 24.2 Å². The minimum absolute atomic E-state index is 0.202. The Morgan fingerprint density at radius 1 is 1.47 bits per heavy atom. The predicted molar refractivity (Wildman–Crippen MR) is 64.5 cm³/mol. The van der Waals surface area contributed by atoms with Gasteiger partial charge in [0, 0.05) is 0 Å². The molecule has 0 aliphatic rings. The molecule has 0 saturated carbocycles. The zero-order chi connectivity index (χ0) is 12.1. The zero-order valence-electron chi connectivity index (χ0n) is 9.13. The molecule has 0 amide bonds. The summed E-state index contributed by atoms with van der Waals surface area (Å²) in [5.74, 6) is 0.535. The monoisotopic (exact) mass is 251 g/mol. The molecule has 0 N–H and O–H groups in total. The molecular formula is C11H10ClN3O2. The summed E-state index contributed by atoms with van der Waals surface area (Å²) < 4.78 is 9.98. The Bertz CT molecular complexity index is 525. The second kappa shape index (κ2) is 5.45. The Labute approximate surface area is 103 Å². The minimum Gasteiger partial charge on any atom is -0.483 e. The van der Waals surface area contributed by atoms with E-state index in [1.807, 2.05) is 19.1 Å². The summed E-state index contributed by atoms with van der Waals surface area (Å²) in [5.41, 5.74) is 0.680. The molecule has 2 aromatic rings. The molecule has 0 fully saturated rings. The van der Waals surface area contributed by atoms with Gasteiger partial charge in [0.05, 0.1) is 17.2 Å². The number of benzene rings is 1. The SMILES string of the molecule is CCOC=Nc1noc(-c2ccccc2Cl)n1. The van der Waals surface area contributed by atoms with E-state index in [4.69, 9.17) is 20.9 Å². The van der Waals surface area contributed by atoms with Crippen LogP contribution in [0.2, 0.25) is 5.02 Å². The first-order valence-corrected chi connectivity index (χ1v) is 5.42. The summed E-state index contributed by atoms with van der Waals surface area (Å²) in [7, 11) is 0. The Morgan fingerprint density at radius 3 is 3.06 bits per heavy atom. The van der Waals surface area contributed by atoms with E-state index in [0.29, 0.717) is 23.1 Å². The van der Waals surface area contributed by atoms with Gasteiger partial charge in [0.25, 0.3) is 11.8 Å². The molecule has 1 aromatic carbocycles. The van der Waals surface area contributed by atoms with Crippen molar-refractivity contribution in [3.05, 3.63) is 29.3 Å². The molecule has 0 spiro atoms. The van der Waals surface area contributed by atoms with Gasteiger partial charge in [-0.25, -0.2) is 0 Å². The summed E-state index contributed by atoms with van der Waals surface area (Å²) in [6.07, 6.45) is 1.28. The first kappa shape index (κ1) is 11.6. The van der Waals surface area contributed by atoms with Crippen LogP contribution < -0.4 is 0 Å². The summed E-state index contributed by atoms with van der Waals surface area (Å²) in [6, 6.07) is 7.22. The average molecular weight is 252 g/mol. The van der Waals surface area contributed by atoms with Crippen LogP contribution >= 0.6 is 11.6 Å². The molecule has 6 heteroatoms. The molecule has 0 atom stereocenters. The lowest BCUT2D eigenvalue weighted by Crippen LogP contribution is -1.84. The quantitative estimate of drug-likeness (QED) is 0.619. The van der Waals surface area contributed by atoms with Gasteiger partial charge >= 0.3 is 0 Å². The van der Waals surface area contributed by atoms with Gasteiger partial charge in [-0.15, -0.1) is 0 Å². The molecule has 1 heterocycles. The molecule has 0 aliphatic heterocycles. The third kappa shape index (κ3) is 2.82. The normalized spacial score (nSPS) is 10.9. The van der Waals surface area contributed by atoms with Crippen LogP contribution in [0.3, 0.4) is 0 Å². The first-order valence-electron chi connectivity index (χ1n) is 5.04.